The molecule has 0 radical (unpaired) electrons. The van der Waals surface area contributed by atoms with Crippen molar-refractivity contribution in [1.82, 2.24) is 29.9 Å². The Morgan fingerprint density at radius 3 is 2.59 bits per heavy atom. The van der Waals surface area contributed by atoms with E-state index in [1.54, 1.807) is 28.7 Å². The maximum atomic E-state index is 12.2. The van der Waals surface area contributed by atoms with Gasteiger partial charge in [-0.1, -0.05) is 0 Å². The van der Waals surface area contributed by atoms with Crippen molar-refractivity contribution >= 4 is 34.8 Å². The normalized spacial score (nSPS) is 22.2. The summed E-state index contributed by atoms with van der Waals surface area (Å²) in [5.74, 6) is -0.554. The van der Waals surface area contributed by atoms with Gasteiger partial charge in [0.25, 0.3) is 5.78 Å². The minimum absolute atomic E-state index is 0.318. The number of piperazine rings is 1. The van der Waals surface area contributed by atoms with Gasteiger partial charge in [-0.2, -0.15) is 10.1 Å². The number of esters is 1. The predicted octanol–water partition coefficient (Wildman–Crippen LogP) is 0.372. The molecule has 5 rings (SSSR count). The number of nitrogens with two attached hydrogens (primary N) is 1. The van der Waals surface area contributed by atoms with E-state index in [0.29, 0.717) is 47.3 Å². The number of pyridine rings is 1. The van der Waals surface area contributed by atoms with Crippen LogP contribution in [0.15, 0.2) is 18.5 Å². The third-order valence-electron chi connectivity index (χ3n) is 6.11. The van der Waals surface area contributed by atoms with Crippen molar-refractivity contribution in [2.45, 2.75) is 52.4 Å². The Bertz CT molecular complexity index is 1280. The van der Waals surface area contributed by atoms with Crippen molar-refractivity contribution in [1.29, 1.82) is 0 Å². The summed E-state index contributed by atoms with van der Waals surface area (Å²) in [6, 6.07) is 2.62. The highest BCUT2D eigenvalue weighted by Gasteiger charge is 2.39. The standard InChI is InChI=1S/C22H27N9O3/c1-11-8-29(9-12(2)25-11)16-5-6-24-20-15(16)7-18(34-21(33)19(23)32)31(20)17-10-30-22(26-13(17)3)27-14(4)28-30/h5-6,10-12,18,25H,7-9H2,1-4H3,(H2,23,32)/t11-,12+,18?. The Morgan fingerprint density at radius 2 is 1.88 bits per heavy atom. The van der Waals surface area contributed by atoms with E-state index in [0.717, 1.165) is 24.3 Å². The van der Waals surface area contributed by atoms with Crippen LogP contribution in [0.25, 0.3) is 5.78 Å². The Labute approximate surface area is 196 Å². The second-order valence-corrected chi connectivity index (χ2v) is 8.92. The molecule has 0 saturated carbocycles. The van der Waals surface area contributed by atoms with Gasteiger partial charge in [0, 0.05) is 49.0 Å². The van der Waals surface area contributed by atoms with Crippen molar-refractivity contribution in [3.63, 3.8) is 0 Å². The summed E-state index contributed by atoms with van der Waals surface area (Å²) in [7, 11) is 0. The highest BCUT2D eigenvalue weighted by Crippen LogP contribution is 2.42. The third kappa shape index (κ3) is 3.79. The number of fused-ring (bicyclic) bond motifs is 2. The number of aryl methyl sites for hydroxylation is 2. The number of hydrogen-bond acceptors (Lipinski definition) is 10. The molecule has 178 valence electrons. The van der Waals surface area contributed by atoms with Gasteiger partial charge in [-0.25, -0.2) is 19.3 Å². The fraction of sp³-hybridized carbons (Fsp3) is 0.455. The lowest BCUT2D eigenvalue weighted by Crippen LogP contribution is -2.54. The van der Waals surface area contributed by atoms with Crippen molar-refractivity contribution in [3.05, 3.63) is 35.5 Å². The van der Waals surface area contributed by atoms with Crippen LogP contribution in [0.5, 0.6) is 0 Å². The average Bonchev–Trinajstić information content (AvgIpc) is 3.30. The number of aromatic nitrogens is 5. The van der Waals surface area contributed by atoms with Crippen molar-refractivity contribution in [2.75, 3.05) is 22.9 Å². The van der Waals surface area contributed by atoms with Crippen LogP contribution >= 0.6 is 0 Å². The average molecular weight is 466 g/mol. The molecule has 1 saturated heterocycles. The van der Waals surface area contributed by atoms with E-state index >= 15 is 0 Å². The van der Waals surface area contributed by atoms with Crippen LogP contribution in [0.4, 0.5) is 17.2 Å². The number of primary amides is 1. The SMILES string of the molecule is Cc1nc2nc(C)c(N3c4nccc(N5C[C@@H](C)N[C@@H](C)C5)c4CC3OC(=O)C(N)=O)cn2n1. The van der Waals surface area contributed by atoms with Crippen LogP contribution in [-0.4, -0.2) is 67.8 Å². The largest absolute Gasteiger partial charge is 0.434 e. The molecule has 1 amide bonds. The number of ether oxygens (including phenoxy) is 1. The number of nitrogens with one attached hydrogen (secondary N) is 1. The number of anilines is 3. The van der Waals surface area contributed by atoms with Gasteiger partial charge in [-0.05, 0) is 33.8 Å². The van der Waals surface area contributed by atoms with E-state index in [1.807, 2.05) is 13.0 Å². The van der Waals surface area contributed by atoms with Crippen molar-refractivity contribution in [2.24, 2.45) is 5.73 Å². The van der Waals surface area contributed by atoms with E-state index in [1.165, 1.54) is 0 Å². The topological polar surface area (TPSA) is 144 Å². The number of carbonyl (C=O) groups excluding carboxylic acids is 2. The summed E-state index contributed by atoms with van der Waals surface area (Å²) in [5.41, 5.74) is 8.45. The van der Waals surface area contributed by atoms with Crippen LogP contribution in [0, 0.1) is 13.8 Å². The number of carbonyl (C=O) groups is 2. The van der Waals surface area contributed by atoms with Crippen molar-refractivity contribution in [3.8, 4) is 0 Å². The lowest BCUT2D eigenvalue weighted by atomic mass is 10.1. The van der Waals surface area contributed by atoms with E-state index in [4.69, 9.17) is 10.5 Å². The lowest BCUT2D eigenvalue weighted by molar-refractivity contribution is -0.157. The molecule has 3 atom stereocenters. The molecule has 12 heteroatoms. The minimum atomic E-state index is -1.15. The molecule has 3 N–H and O–H groups in total. The fourth-order valence-electron chi connectivity index (χ4n) is 4.88. The molecule has 3 aromatic heterocycles. The van der Waals surface area contributed by atoms with Gasteiger partial charge in [-0.3, -0.25) is 9.69 Å². The van der Waals surface area contributed by atoms with Gasteiger partial charge in [0.1, 0.15) is 11.6 Å². The molecule has 0 aliphatic carbocycles. The number of hydrogen-bond donors (Lipinski definition) is 2. The zero-order valence-electron chi connectivity index (χ0n) is 19.5. The Balaban J connectivity index is 1.62. The molecule has 2 aliphatic heterocycles. The van der Waals surface area contributed by atoms with E-state index in [-0.39, 0.29) is 0 Å². The molecule has 34 heavy (non-hydrogen) atoms. The molecular weight excluding hydrogens is 438 g/mol. The zero-order chi connectivity index (χ0) is 24.1. The van der Waals surface area contributed by atoms with Crippen LogP contribution in [0.1, 0.15) is 30.9 Å². The second-order valence-electron chi connectivity index (χ2n) is 8.92. The molecule has 3 aromatic rings. The quantitative estimate of drug-likeness (QED) is 0.411. The molecular formula is C22H27N9O3. The van der Waals surface area contributed by atoms with Crippen LogP contribution in [-0.2, 0) is 20.7 Å². The molecule has 1 fully saturated rings. The molecule has 1 unspecified atom stereocenters. The number of amides is 1. The molecule has 0 aromatic carbocycles. The monoisotopic (exact) mass is 465 g/mol. The van der Waals surface area contributed by atoms with Gasteiger partial charge in [0.05, 0.1) is 17.6 Å². The molecule has 0 bridgehead atoms. The van der Waals surface area contributed by atoms with Crippen LogP contribution in [0.3, 0.4) is 0 Å². The number of nitrogens with zero attached hydrogens (tertiary/aromatic N) is 7. The summed E-state index contributed by atoms with van der Waals surface area (Å²) < 4.78 is 7.12. The summed E-state index contributed by atoms with van der Waals surface area (Å²) in [6.07, 6.45) is 3.06. The maximum Gasteiger partial charge on any atom is 0.398 e. The first-order valence-corrected chi connectivity index (χ1v) is 11.2. The van der Waals surface area contributed by atoms with Gasteiger partial charge in [0.2, 0.25) is 0 Å². The summed E-state index contributed by atoms with van der Waals surface area (Å²) in [6.45, 7) is 9.59. The smallest absolute Gasteiger partial charge is 0.398 e. The fourth-order valence-corrected chi connectivity index (χ4v) is 4.88. The Kier molecular flexibility index (Phi) is 5.31. The van der Waals surface area contributed by atoms with Gasteiger partial charge in [-0.15, -0.1) is 0 Å². The number of rotatable bonds is 3. The maximum absolute atomic E-state index is 12.2. The van der Waals surface area contributed by atoms with E-state index in [2.05, 4.69) is 44.1 Å². The molecule has 0 spiro atoms. The highest BCUT2D eigenvalue weighted by atomic mass is 16.6. The second kappa shape index (κ2) is 8.20. The first-order valence-electron chi connectivity index (χ1n) is 11.2. The van der Waals surface area contributed by atoms with Crippen molar-refractivity contribution < 1.29 is 14.3 Å². The first-order chi connectivity index (χ1) is 16.2. The summed E-state index contributed by atoms with van der Waals surface area (Å²) in [4.78, 5) is 41.3. The van der Waals surface area contributed by atoms with Gasteiger partial charge in [0.15, 0.2) is 6.23 Å². The van der Waals surface area contributed by atoms with Crippen LogP contribution < -0.4 is 20.9 Å². The van der Waals surface area contributed by atoms with E-state index < -0.39 is 18.1 Å². The van der Waals surface area contributed by atoms with Gasteiger partial charge >= 0.3 is 11.9 Å². The zero-order valence-corrected chi connectivity index (χ0v) is 19.5. The lowest BCUT2D eigenvalue weighted by Gasteiger charge is -2.38. The third-order valence-corrected chi connectivity index (χ3v) is 6.11. The minimum Gasteiger partial charge on any atom is -0.434 e. The Hall–Kier alpha value is -3.80. The Morgan fingerprint density at radius 1 is 1.15 bits per heavy atom. The first kappa shape index (κ1) is 22.0. The van der Waals surface area contributed by atoms with E-state index in [9.17, 15) is 9.59 Å². The molecule has 2 aliphatic rings. The summed E-state index contributed by atoms with van der Waals surface area (Å²) >= 11 is 0. The molecule has 5 heterocycles. The molecule has 12 nitrogen and oxygen atoms in total. The highest BCUT2D eigenvalue weighted by molar-refractivity contribution is 6.31. The summed E-state index contributed by atoms with van der Waals surface area (Å²) in [5, 5.41) is 7.91. The predicted molar refractivity (Wildman–Crippen MR) is 124 cm³/mol. The van der Waals surface area contributed by atoms with Gasteiger partial charge < -0.3 is 20.7 Å². The van der Waals surface area contributed by atoms with Crippen LogP contribution in [0.2, 0.25) is 0 Å².